The van der Waals surface area contributed by atoms with Crippen molar-refractivity contribution in [2.45, 2.75) is 6.42 Å². The number of rotatable bonds is 7. The minimum Gasteiger partial charge on any atom is -0.382 e. The molecule has 1 rings (SSSR count). The van der Waals surface area contributed by atoms with Crippen LogP contribution in [-0.4, -0.2) is 32.7 Å². The fourth-order valence-corrected chi connectivity index (χ4v) is 1.81. The molecule has 1 aromatic carbocycles. The molecule has 0 aliphatic carbocycles. The number of benzene rings is 1. The lowest BCUT2D eigenvalue weighted by atomic mass is 10.1. The van der Waals surface area contributed by atoms with Crippen LogP contribution in [0.4, 0.5) is 0 Å². The first kappa shape index (κ1) is 14.5. The Labute approximate surface area is 111 Å². The number of ketones is 1. The Morgan fingerprint density at radius 3 is 2.47 bits per heavy atom. The highest BCUT2D eigenvalue weighted by Crippen LogP contribution is 2.24. The zero-order valence-electron chi connectivity index (χ0n) is 9.54. The van der Waals surface area contributed by atoms with Gasteiger partial charge in [0.25, 0.3) is 0 Å². The summed E-state index contributed by atoms with van der Waals surface area (Å²) in [6.07, 6.45) is 0.186. The zero-order valence-corrected chi connectivity index (χ0v) is 11.1. The van der Waals surface area contributed by atoms with E-state index in [1.807, 2.05) is 0 Å². The first-order valence-corrected chi connectivity index (χ1v) is 5.92. The van der Waals surface area contributed by atoms with E-state index in [-0.39, 0.29) is 18.8 Å². The van der Waals surface area contributed by atoms with Gasteiger partial charge in [0, 0.05) is 23.6 Å². The summed E-state index contributed by atoms with van der Waals surface area (Å²) in [5, 5.41) is 1.01. The molecule has 1 aromatic rings. The summed E-state index contributed by atoms with van der Waals surface area (Å²) in [5.74, 6) is -0.0592. The van der Waals surface area contributed by atoms with E-state index in [1.165, 1.54) is 0 Å². The summed E-state index contributed by atoms with van der Waals surface area (Å²) in [4.78, 5) is 11.6. The highest BCUT2D eigenvalue weighted by Gasteiger charge is 2.10. The summed E-state index contributed by atoms with van der Waals surface area (Å²) >= 11 is 11.9. The maximum atomic E-state index is 11.6. The molecule has 0 atom stereocenters. The zero-order chi connectivity index (χ0) is 12.7. The van der Waals surface area contributed by atoms with Crippen LogP contribution >= 0.6 is 23.2 Å². The van der Waals surface area contributed by atoms with Crippen molar-refractivity contribution < 1.29 is 14.3 Å². The Hall–Kier alpha value is -0.610. The standard InChI is InChI=1S/C12H14Cl2O3/c1-16-5-6-17-8-9(15)7-10-11(13)3-2-4-12(10)14/h2-4H,5-8H2,1H3. The van der Waals surface area contributed by atoms with Crippen molar-refractivity contribution in [2.75, 3.05) is 26.9 Å². The van der Waals surface area contributed by atoms with Crippen molar-refractivity contribution in [3.05, 3.63) is 33.8 Å². The highest BCUT2D eigenvalue weighted by atomic mass is 35.5. The smallest absolute Gasteiger partial charge is 0.162 e. The number of ether oxygens (including phenoxy) is 2. The van der Waals surface area contributed by atoms with Gasteiger partial charge in [0.05, 0.1) is 13.2 Å². The van der Waals surface area contributed by atoms with Crippen LogP contribution < -0.4 is 0 Å². The minimum absolute atomic E-state index is 0.0465. The van der Waals surface area contributed by atoms with Gasteiger partial charge in [-0.05, 0) is 17.7 Å². The quantitative estimate of drug-likeness (QED) is 0.719. The van der Waals surface area contributed by atoms with Gasteiger partial charge in [-0.2, -0.15) is 0 Å². The average Bonchev–Trinajstić information content (AvgIpc) is 2.30. The summed E-state index contributed by atoms with van der Waals surface area (Å²) in [6.45, 7) is 0.920. The van der Waals surface area contributed by atoms with E-state index < -0.39 is 0 Å². The first-order valence-electron chi connectivity index (χ1n) is 5.16. The third-order valence-electron chi connectivity index (χ3n) is 2.13. The molecule has 0 heterocycles. The number of hydrogen-bond acceptors (Lipinski definition) is 3. The van der Waals surface area contributed by atoms with Crippen LogP contribution in [-0.2, 0) is 20.7 Å². The number of carbonyl (C=O) groups is 1. The van der Waals surface area contributed by atoms with Gasteiger partial charge in [0.15, 0.2) is 5.78 Å². The van der Waals surface area contributed by atoms with Crippen molar-refractivity contribution in [3.63, 3.8) is 0 Å². The van der Waals surface area contributed by atoms with Crippen LogP contribution in [0.25, 0.3) is 0 Å². The largest absolute Gasteiger partial charge is 0.382 e. The van der Waals surface area contributed by atoms with Gasteiger partial charge in [-0.25, -0.2) is 0 Å². The number of Topliss-reactive ketones (excluding diaryl/α,β-unsaturated/α-hetero) is 1. The topological polar surface area (TPSA) is 35.5 Å². The van der Waals surface area contributed by atoms with Gasteiger partial charge in [-0.1, -0.05) is 29.3 Å². The fraction of sp³-hybridized carbons (Fsp3) is 0.417. The summed E-state index contributed by atoms with van der Waals surface area (Å²) in [6, 6.07) is 5.16. The van der Waals surface area contributed by atoms with E-state index in [4.69, 9.17) is 32.7 Å². The van der Waals surface area contributed by atoms with Crippen LogP contribution in [0.1, 0.15) is 5.56 Å². The molecule has 0 unspecified atom stereocenters. The lowest BCUT2D eigenvalue weighted by molar-refractivity contribution is -0.123. The van der Waals surface area contributed by atoms with E-state index in [0.717, 1.165) is 0 Å². The second-order valence-corrected chi connectivity index (χ2v) is 4.28. The molecule has 0 N–H and O–H groups in total. The Bertz CT molecular complexity index is 360. The van der Waals surface area contributed by atoms with Gasteiger partial charge in [-0.3, -0.25) is 4.79 Å². The maximum absolute atomic E-state index is 11.6. The van der Waals surface area contributed by atoms with Gasteiger partial charge < -0.3 is 9.47 Å². The Kier molecular flexibility index (Phi) is 6.52. The Balaban J connectivity index is 2.45. The van der Waals surface area contributed by atoms with Crippen LogP contribution in [0.3, 0.4) is 0 Å². The Morgan fingerprint density at radius 1 is 1.24 bits per heavy atom. The molecule has 0 saturated carbocycles. The SMILES string of the molecule is COCCOCC(=O)Cc1c(Cl)cccc1Cl. The molecule has 5 heteroatoms. The molecule has 0 saturated heterocycles. The number of methoxy groups -OCH3 is 1. The van der Waals surface area contributed by atoms with Crippen molar-refractivity contribution in [2.24, 2.45) is 0 Å². The van der Waals surface area contributed by atoms with Crippen molar-refractivity contribution in [1.82, 2.24) is 0 Å². The van der Waals surface area contributed by atoms with Gasteiger partial charge in [0.2, 0.25) is 0 Å². The molecular weight excluding hydrogens is 263 g/mol. The van der Waals surface area contributed by atoms with E-state index in [9.17, 15) is 4.79 Å². The molecule has 0 radical (unpaired) electrons. The van der Waals surface area contributed by atoms with Gasteiger partial charge in [-0.15, -0.1) is 0 Å². The molecule has 0 amide bonds. The summed E-state index contributed by atoms with van der Waals surface area (Å²) < 4.78 is 9.93. The average molecular weight is 277 g/mol. The third-order valence-corrected chi connectivity index (χ3v) is 2.84. The summed E-state index contributed by atoms with van der Waals surface area (Å²) in [5.41, 5.74) is 0.649. The molecule has 0 spiro atoms. The fourth-order valence-electron chi connectivity index (χ4n) is 1.28. The van der Waals surface area contributed by atoms with Crippen LogP contribution in [0.5, 0.6) is 0 Å². The van der Waals surface area contributed by atoms with Crippen molar-refractivity contribution in [3.8, 4) is 0 Å². The van der Waals surface area contributed by atoms with Crippen molar-refractivity contribution >= 4 is 29.0 Å². The predicted octanol–water partition coefficient (Wildman–Crippen LogP) is 2.77. The summed E-state index contributed by atoms with van der Waals surface area (Å²) in [7, 11) is 1.58. The molecule has 0 aliphatic heterocycles. The second-order valence-electron chi connectivity index (χ2n) is 3.46. The molecule has 0 bridgehead atoms. The van der Waals surface area contributed by atoms with Crippen LogP contribution in [0, 0.1) is 0 Å². The van der Waals surface area contributed by atoms with Gasteiger partial charge >= 0.3 is 0 Å². The van der Waals surface area contributed by atoms with E-state index in [1.54, 1.807) is 25.3 Å². The van der Waals surface area contributed by atoms with Crippen LogP contribution in [0.2, 0.25) is 10.0 Å². The van der Waals surface area contributed by atoms with E-state index in [2.05, 4.69) is 0 Å². The van der Waals surface area contributed by atoms with Crippen LogP contribution in [0.15, 0.2) is 18.2 Å². The molecule has 3 nitrogen and oxygen atoms in total. The Morgan fingerprint density at radius 2 is 1.88 bits per heavy atom. The van der Waals surface area contributed by atoms with E-state index in [0.29, 0.717) is 28.8 Å². The lowest BCUT2D eigenvalue weighted by Gasteiger charge is -2.06. The third kappa shape index (κ3) is 5.04. The normalized spacial score (nSPS) is 10.5. The van der Waals surface area contributed by atoms with Crippen molar-refractivity contribution in [1.29, 1.82) is 0 Å². The molecule has 94 valence electrons. The first-order chi connectivity index (χ1) is 8.15. The maximum Gasteiger partial charge on any atom is 0.162 e. The number of carbonyl (C=O) groups excluding carboxylic acids is 1. The monoisotopic (exact) mass is 276 g/mol. The van der Waals surface area contributed by atoms with Gasteiger partial charge in [0.1, 0.15) is 6.61 Å². The minimum atomic E-state index is -0.0592. The number of halogens is 2. The molecule has 0 fully saturated rings. The lowest BCUT2D eigenvalue weighted by Crippen LogP contribution is -2.14. The highest BCUT2D eigenvalue weighted by molar-refractivity contribution is 6.36. The predicted molar refractivity (Wildman–Crippen MR) is 67.9 cm³/mol. The molecule has 0 aliphatic rings. The molecule has 17 heavy (non-hydrogen) atoms. The van der Waals surface area contributed by atoms with E-state index >= 15 is 0 Å². The molecular formula is C12H14Cl2O3. The molecule has 0 aromatic heterocycles. The second kappa shape index (κ2) is 7.67. The number of hydrogen-bond donors (Lipinski definition) is 0.